The lowest BCUT2D eigenvalue weighted by molar-refractivity contribution is 0.366. The number of rotatable bonds is 8. The van der Waals surface area contributed by atoms with E-state index in [2.05, 4.69) is 12.2 Å². The summed E-state index contributed by atoms with van der Waals surface area (Å²) in [7, 11) is -3.80. The predicted octanol–water partition coefficient (Wildman–Crippen LogP) is 2.74. The van der Waals surface area contributed by atoms with Gasteiger partial charge in [0.25, 0.3) is 0 Å². The zero-order valence-electron chi connectivity index (χ0n) is 13.2. The maximum absolute atomic E-state index is 14.0. The van der Waals surface area contributed by atoms with E-state index in [1.54, 1.807) is 26.8 Å². The second kappa shape index (κ2) is 7.87. The van der Waals surface area contributed by atoms with Gasteiger partial charge >= 0.3 is 0 Å². The molecular weight excluding hydrogens is 291 g/mol. The third-order valence-electron chi connectivity index (χ3n) is 3.23. The number of hydrogen-bond donors (Lipinski definition) is 1. The second-order valence-electron chi connectivity index (χ2n) is 5.24. The van der Waals surface area contributed by atoms with Gasteiger partial charge < -0.3 is 5.32 Å². The monoisotopic (exact) mass is 316 g/mol. The number of benzene rings is 1. The minimum Gasteiger partial charge on any atom is -0.313 e. The van der Waals surface area contributed by atoms with Crippen molar-refractivity contribution < 1.29 is 12.8 Å². The largest absolute Gasteiger partial charge is 0.313 e. The van der Waals surface area contributed by atoms with Crippen LogP contribution in [-0.4, -0.2) is 31.9 Å². The van der Waals surface area contributed by atoms with Crippen LogP contribution in [0.3, 0.4) is 0 Å². The summed E-state index contributed by atoms with van der Waals surface area (Å²) < 4.78 is 40.4. The van der Waals surface area contributed by atoms with Crippen LogP contribution in [0.25, 0.3) is 0 Å². The summed E-state index contributed by atoms with van der Waals surface area (Å²) >= 11 is 0. The molecular formula is C15H25FN2O2S. The van der Waals surface area contributed by atoms with Gasteiger partial charge in [-0.1, -0.05) is 19.9 Å². The van der Waals surface area contributed by atoms with Crippen LogP contribution in [0.5, 0.6) is 0 Å². The van der Waals surface area contributed by atoms with Crippen molar-refractivity contribution in [3.8, 4) is 0 Å². The molecule has 0 heterocycles. The van der Waals surface area contributed by atoms with Crippen LogP contribution in [-0.2, 0) is 16.6 Å². The summed E-state index contributed by atoms with van der Waals surface area (Å²) in [6.07, 6.45) is 0.989. The van der Waals surface area contributed by atoms with Gasteiger partial charge in [0.1, 0.15) is 10.7 Å². The zero-order chi connectivity index (χ0) is 16.0. The van der Waals surface area contributed by atoms with E-state index in [-0.39, 0.29) is 10.9 Å². The molecule has 0 radical (unpaired) electrons. The maximum atomic E-state index is 14.0. The Morgan fingerprint density at radius 2 is 1.95 bits per heavy atom. The fourth-order valence-corrected chi connectivity index (χ4v) is 3.97. The van der Waals surface area contributed by atoms with Gasteiger partial charge in [-0.2, -0.15) is 4.31 Å². The van der Waals surface area contributed by atoms with Crippen LogP contribution in [0.4, 0.5) is 4.39 Å². The molecule has 0 amide bonds. The highest BCUT2D eigenvalue weighted by atomic mass is 32.2. The Morgan fingerprint density at radius 1 is 1.29 bits per heavy atom. The molecule has 0 bridgehead atoms. The molecule has 0 atom stereocenters. The number of nitrogens with zero attached hydrogens (tertiary/aromatic N) is 1. The highest BCUT2D eigenvalue weighted by Crippen LogP contribution is 2.22. The number of sulfonamides is 1. The van der Waals surface area contributed by atoms with Gasteiger partial charge in [0.15, 0.2) is 0 Å². The van der Waals surface area contributed by atoms with E-state index in [0.717, 1.165) is 18.5 Å². The van der Waals surface area contributed by atoms with E-state index >= 15 is 0 Å². The molecule has 21 heavy (non-hydrogen) atoms. The molecule has 0 aliphatic rings. The average Bonchev–Trinajstić information content (AvgIpc) is 2.40. The Bertz CT molecular complexity index is 559. The van der Waals surface area contributed by atoms with Gasteiger partial charge in [-0.3, -0.25) is 0 Å². The average molecular weight is 316 g/mol. The first-order chi connectivity index (χ1) is 9.84. The Morgan fingerprint density at radius 3 is 2.48 bits per heavy atom. The summed E-state index contributed by atoms with van der Waals surface area (Å²) in [5, 5.41) is 3.18. The molecule has 0 aliphatic heterocycles. The minimum absolute atomic E-state index is 0.207. The summed E-state index contributed by atoms with van der Waals surface area (Å²) in [5.41, 5.74) is 0.767. The van der Waals surface area contributed by atoms with Gasteiger partial charge in [-0.25, -0.2) is 12.8 Å². The Kier molecular flexibility index (Phi) is 6.77. The number of halogens is 1. The van der Waals surface area contributed by atoms with Gasteiger partial charge in [0.05, 0.1) is 0 Å². The number of hydrogen-bond acceptors (Lipinski definition) is 3. The molecule has 0 saturated heterocycles. The molecule has 6 heteroatoms. The molecule has 0 aromatic heterocycles. The Hall–Kier alpha value is -0.980. The molecule has 1 N–H and O–H groups in total. The first kappa shape index (κ1) is 18.1. The second-order valence-corrected chi connectivity index (χ2v) is 7.10. The molecule has 0 aliphatic carbocycles. The topological polar surface area (TPSA) is 49.4 Å². The smallest absolute Gasteiger partial charge is 0.246 e. The lowest BCUT2D eigenvalue weighted by atomic mass is 10.2. The zero-order valence-corrected chi connectivity index (χ0v) is 14.0. The van der Waals surface area contributed by atoms with Crippen LogP contribution >= 0.6 is 0 Å². The van der Waals surface area contributed by atoms with E-state index in [1.807, 2.05) is 0 Å². The standard InChI is InChI=1S/C15H25FN2O2S/c1-5-9-17-11-13-7-8-14(16)15(10-13)21(19,20)18(6-2)12(3)4/h7-8,10,12,17H,5-6,9,11H2,1-4H3. The molecule has 4 nitrogen and oxygen atoms in total. The van der Waals surface area contributed by atoms with E-state index < -0.39 is 15.8 Å². The Labute approximate surface area is 127 Å². The van der Waals surface area contributed by atoms with Crippen molar-refractivity contribution in [2.45, 2.75) is 51.6 Å². The minimum atomic E-state index is -3.80. The number of nitrogens with one attached hydrogen (secondary N) is 1. The summed E-state index contributed by atoms with van der Waals surface area (Å²) in [4.78, 5) is -0.242. The third-order valence-corrected chi connectivity index (χ3v) is 5.39. The van der Waals surface area contributed by atoms with E-state index in [4.69, 9.17) is 0 Å². The van der Waals surface area contributed by atoms with Crippen LogP contribution < -0.4 is 5.32 Å². The predicted molar refractivity (Wildman–Crippen MR) is 83.1 cm³/mol. The normalized spacial score (nSPS) is 12.3. The summed E-state index contributed by atoms with van der Waals surface area (Å²) in [6, 6.07) is 4.06. The van der Waals surface area contributed by atoms with Crippen molar-refractivity contribution in [2.24, 2.45) is 0 Å². The van der Waals surface area contributed by atoms with Crippen LogP contribution in [0, 0.1) is 5.82 Å². The molecule has 1 aromatic carbocycles. The summed E-state index contributed by atoms with van der Waals surface area (Å²) in [6.45, 7) is 9.06. The lowest BCUT2D eigenvalue weighted by Gasteiger charge is -2.24. The molecule has 0 spiro atoms. The van der Waals surface area contributed by atoms with Gasteiger partial charge in [0, 0.05) is 19.1 Å². The van der Waals surface area contributed by atoms with E-state index in [0.29, 0.717) is 13.1 Å². The fourth-order valence-electron chi connectivity index (χ4n) is 2.20. The first-order valence-corrected chi connectivity index (χ1v) is 8.79. The van der Waals surface area contributed by atoms with Crippen LogP contribution in [0.2, 0.25) is 0 Å². The molecule has 0 saturated carbocycles. The fraction of sp³-hybridized carbons (Fsp3) is 0.600. The summed E-state index contributed by atoms with van der Waals surface area (Å²) in [5.74, 6) is -0.701. The van der Waals surface area contributed by atoms with Crippen molar-refractivity contribution in [3.63, 3.8) is 0 Å². The van der Waals surface area contributed by atoms with Crippen molar-refractivity contribution in [1.29, 1.82) is 0 Å². The van der Waals surface area contributed by atoms with Crippen molar-refractivity contribution >= 4 is 10.0 Å². The quantitative estimate of drug-likeness (QED) is 0.750. The first-order valence-electron chi connectivity index (χ1n) is 7.35. The maximum Gasteiger partial charge on any atom is 0.246 e. The SMILES string of the molecule is CCCNCc1ccc(F)c(S(=O)(=O)N(CC)C(C)C)c1. The molecule has 1 rings (SSSR count). The highest BCUT2D eigenvalue weighted by molar-refractivity contribution is 7.89. The molecule has 1 aromatic rings. The van der Waals surface area contributed by atoms with Crippen molar-refractivity contribution in [1.82, 2.24) is 9.62 Å². The molecule has 0 fully saturated rings. The molecule has 0 unspecified atom stereocenters. The van der Waals surface area contributed by atoms with Gasteiger partial charge in [-0.05, 0) is 44.5 Å². The Balaban J connectivity index is 3.13. The molecule has 120 valence electrons. The van der Waals surface area contributed by atoms with Gasteiger partial charge in [0.2, 0.25) is 10.0 Å². The lowest BCUT2D eigenvalue weighted by Crippen LogP contribution is -2.37. The van der Waals surface area contributed by atoms with Crippen LogP contribution in [0.1, 0.15) is 39.7 Å². The van der Waals surface area contributed by atoms with E-state index in [9.17, 15) is 12.8 Å². The third kappa shape index (κ3) is 4.49. The van der Waals surface area contributed by atoms with E-state index in [1.165, 1.54) is 16.4 Å². The van der Waals surface area contributed by atoms with Crippen molar-refractivity contribution in [2.75, 3.05) is 13.1 Å². The van der Waals surface area contributed by atoms with Crippen LogP contribution in [0.15, 0.2) is 23.1 Å². The highest BCUT2D eigenvalue weighted by Gasteiger charge is 2.28. The van der Waals surface area contributed by atoms with Crippen molar-refractivity contribution in [3.05, 3.63) is 29.6 Å². The van der Waals surface area contributed by atoms with Gasteiger partial charge in [-0.15, -0.1) is 0 Å².